The number of nitrogens with zero attached hydrogens (tertiary/aromatic N) is 4. The summed E-state index contributed by atoms with van der Waals surface area (Å²) in [6.07, 6.45) is 1.46. The van der Waals surface area contributed by atoms with Gasteiger partial charge >= 0.3 is 5.97 Å². The molecule has 10 nitrogen and oxygen atoms in total. The minimum Gasteiger partial charge on any atom is -0.481 e. The van der Waals surface area contributed by atoms with Gasteiger partial charge in [0.15, 0.2) is 0 Å². The maximum absolute atomic E-state index is 12.7. The number of hydrogen-bond acceptors (Lipinski definition) is 7. The number of aromatic nitrogens is 3. The number of halogens is 1. The van der Waals surface area contributed by atoms with Gasteiger partial charge in [-0.1, -0.05) is 5.21 Å². The summed E-state index contributed by atoms with van der Waals surface area (Å²) >= 11 is 0. The van der Waals surface area contributed by atoms with Gasteiger partial charge in [-0.05, 0) is 6.42 Å². The number of aliphatic hydroxyl groups excluding tert-OH is 1. The molecule has 1 saturated heterocycles. The summed E-state index contributed by atoms with van der Waals surface area (Å²) in [5.41, 5.74) is 6.05. The van der Waals surface area contributed by atoms with E-state index >= 15 is 0 Å². The Kier molecular flexibility index (Phi) is 8.05. The van der Waals surface area contributed by atoms with Gasteiger partial charge in [-0.15, -0.1) is 17.5 Å². The van der Waals surface area contributed by atoms with E-state index in [1.807, 2.05) is 0 Å². The summed E-state index contributed by atoms with van der Waals surface area (Å²) < 4.78 is 1.35. The monoisotopic (exact) mass is 362 g/mol. The maximum Gasteiger partial charge on any atom is 0.303 e. The number of piperazine rings is 1. The summed E-state index contributed by atoms with van der Waals surface area (Å²) in [6.45, 7) is 2.26. The number of nitrogens with two attached hydrogens (primary N) is 1. The number of amides is 1. The Morgan fingerprint density at radius 1 is 1.38 bits per heavy atom. The Balaban J connectivity index is 0.00000288. The van der Waals surface area contributed by atoms with Crippen molar-refractivity contribution in [3.63, 3.8) is 0 Å². The zero-order valence-electron chi connectivity index (χ0n) is 13.2. The molecule has 1 aromatic rings. The molecule has 5 N–H and O–H groups in total. The Hall–Kier alpha value is -1.75. The predicted molar refractivity (Wildman–Crippen MR) is 86.6 cm³/mol. The standard InChI is InChI=1S/C13H22N6O4.ClH/c14-9(8-20)10-7-19(17-16-10)11(1-2-12(21)22)13(23)18-5-3-15-4-6-18;/h7,9,11,15,20H,1-6,8,14H2,(H,21,22);1H/t9?,11-;/m0./s1. The van der Waals surface area contributed by atoms with Crippen LogP contribution in [-0.4, -0.2) is 74.8 Å². The molecule has 24 heavy (non-hydrogen) atoms. The van der Waals surface area contributed by atoms with Gasteiger partial charge < -0.3 is 26.2 Å². The average molecular weight is 363 g/mol. The summed E-state index contributed by atoms with van der Waals surface area (Å²) in [5.74, 6) is -1.16. The molecule has 0 saturated carbocycles. The van der Waals surface area contributed by atoms with Crippen LogP contribution in [0.4, 0.5) is 0 Å². The van der Waals surface area contributed by atoms with E-state index in [2.05, 4.69) is 15.6 Å². The molecular formula is C13H23ClN6O4. The number of hydrogen-bond donors (Lipinski definition) is 4. The Bertz CT molecular complexity index is 548. The van der Waals surface area contributed by atoms with E-state index < -0.39 is 18.1 Å². The van der Waals surface area contributed by atoms with Crippen LogP contribution in [0.1, 0.15) is 30.6 Å². The quantitative estimate of drug-likeness (QED) is 0.459. The van der Waals surface area contributed by atoms with Crippen molar-refractivity contribution in [2.24, 2.45) is 5.73 Å². The number of carboxylic acids is 1. The Morgan fingerprint density at radius 3 is 2.62 bits per heavy atom. The van der Waals surface area contributed by atoms with Crippen LogP contribution in [0.2, 0.25) is 0 Å². The van der Waals surface area contributed by atoms with Crippen LogP contribution < -0.4 is 11.1 Å². The molecule has 2 atom stereocenters. The van der Waals surface area contributed by atoms with Crippen LogP contribution >= 0.6 is 12.4 Å². The van der Waals surface area contributed by atoms with E-state index in [9.17, 15) is 9.59 Å². The van der Waals surface area contributed by atoms with Gasteiger partial charge in [0, 0.05) is 32.6 Å². The van der Waals surface area contributed by atoms with Gasteiger partial charge in [-0.3, -0.25) is 9.59 Å². The van der Waals surface area contributed by atoms with Gasteiger partial charge in [0.05, 0.1) is 18.8 Å². The number of carbonyl (C=O) groups is 2. The van der Waals surface area contributed by atoms with Crippen LogP contribution in [0, 0.1) is 0 Å². The zero-order chi connectivity index (χ0) is 16.8. The van der Waals surface area contributed by atoms with Crippen LogP contribution in [0.15, 0.2) is 6.20 Å². The minimum absolute atomic E-state index is 0. The van der Waals surface area contributed by atoms with Crippen LogP contribution in [0.3, 0.4) is 0 Å². The SMILES string of the molecule is Cl.NC(CO)c1cn([C@@H](CCC(=O)O)C(=O)N2CCNCC2)nn1. The Labute approximate surface area is 145 Å². The summed E-state index contributed by atoms with van der Waals surface area (Å²) in [6, 6.07) is -1.42. The highest BCUT2D eigenvalue weighted by atomic mass is 35.5. The van der Waals surface area contributed by atoms with E-state index in [4.69, 9.17) is 15.9 Å². The lowest BCUT2D eigenvalue weighted by Crippen LogP contribution is -2.48. The van der Waals surface area contributed by atoms with Gasteiger partial charge in [-0.2, -0.15) is 0 Å². The van der Waals surface area contributed by atoms with Crippen LogP contribution in [0.25, 0.3) is 0 Å². The van der Waals surface area contributed by atoms with Crippen molar-refractivity contribution in [2.75, 3.05) is 32.8 Å². The molecule has 0 spiro atoms. The first kappa shape index (κ1) is 20.3. The fraction of sp³-hybridized carbons (Fsp3) is 0.692. The molecule has 0 aliphatic carbocycles. The van der Waals surface area contributed by atoms with Crippen LogP contribution in [0.5, 0.6) is 0 Å². The van der Waals surface area contributed by atoms with Crippen molar-refractivity contribution in [3.8, 4) is 0 Å². The number of aliphatic carboxylic acids is 1. The molecule has 0 radical (unpaired) electrons. The van der Waals surface area contributed by atoms with Crippen molar-refractivity contribution >= 4 is 24.3 Å². The molecule has 1 unspecified atom stereocenters. The molecule has 11 heteroatoms. The first-order chi connectivity index (χ1) is 11.0. The van der Waals surface area contributed by atoms with E-state index in [0.717, 1.165) is 0 Å². The molecule has 0 aromatic carbocycles. The second-order valence-electron chi connectivity index (χ2n) is 5.44. The van der Waals surface area contributed by atoms with Gasteiger partial charge in [0.25, 0.3) is 0 Å². The highest BCUT2D eigenvalue weighted by Crippen LogP contribution is 2.18. The highest BCUT2D eigenvalue weighted by Gasteiger charge is 2.29. The fourth-order valence-corrected chi connectivity index (χ4v) is 2.43. The topological polar surface area (TPSA) is 147 Å². The third-order valence-electron chi connectivity index (χ3n) is 3.77. The van der Waals surface area contributed by atoms with E-state index in [1.54, 1.807) is 4.90 Å². The minimum atomic E-state index is -0.976. The first-order valence-corrected chi connectivity index (χ1v) is 7.52. The average Bonchev–Trinajstić information content (AvgIpc) is 3.04. The molecule has 1 aliphatic heterocycles. The van der Waals surface area contributed by atoms with Gasteiger partial charge in [-0.25, -0.2) is 4.68 Å². The molecular weight excluding hydrogens is 340 g/mol. The molecule has 2 rings (SSSR count). The third kappa shape index (κ3) is 5.13. The van der Waals surface area contributed by atoms with E-state index in [-0.39, 0.29) is 37.8 Å². The maximum atomic E-state index is 12.7. The van der Waals surface area contributed by atoms with Gasteiger partial charge in [0.1, 0.15) is 11.7 Å². The molecule has 2 heterocycles. The Morgan fingerprint density at radius 2 is 2.04 bits per heavy atom. The summed E-state index contributed by atoms with van der Waals surface area (Å²) in [5, 5.41) is 28.9. The van der Waals surface area contributed by atoms with E-state index in [0.29, 0.717) is 31.9 Å². The zero-order valence-corrected chi connectivity index (χ0v) is 14.0. The van der Waals surface area contributed by atoms with Gasteiger partial charge in [0.2, 0.25) is 5.91 Å². The lowest BCUT2D eigenvalue weighted by molar-refractivity contribution is -0.139. The molecule has 1 aliphatic rings. The second kappa shape index (κ2) is 9.52. The lowest BCUT2D eigenvalue weighted by Gasteiger charge is -2.30. The van der Waals surface area contributed by atoms with Crippen molar-refractivity contribution in [1.29, 1.82) is 0 Å². The van der Waals surface area contributed by atoms with E-state index in [1.165, 1.54) is 10.9 Å². The van der Waals surface area contributed by atoms with Crippen LogP contribution in [-0.2, 0) is 9.59 Å². The fourth-order valence-electron chi connectivity index (χ4n) is 2.43. The van der Waals surface area contributed by atoms with Crippen molar-refractivity contribution < 1.29 is 19.8 Å². The second-order valence-corrected chi connectivity index (χ2v) is 5.44. The summed E-state index contributed by atoms with van der Waals surface area (Å²) in [7, 11) is 0. The lowest BCUT2D eigenvalue weighted by atomic mass is 10.1. The number of carbonyl (C=O) groups excluding carboxylic acids is 1. The normalized spacial score (nSPS) is 17.0. The molecule has 136 valence electrons. The third-order valence-corrected chi connectivity index (χ3v) is 3.77. The number of aliphatic hydroxyl groups is 1. The number of carboxylic acid groups (broad SMARTS) is 1. The molecule has 1 aromatic heterocycles. The first-order valence-electron chi connectivity index (χ1n) is 7.52. The number of rotatable bonds is 7. The molecule has 1 fully saturated rings. The predicted octanol–water partition coefficient (Wildman–Crippen LogP) is -1.47. The molecule has 0 bridgehead atoms. The highest BCUT2D eigenvalue weighted by molar-refractivity contribution is 5.85. The van der Waals surface area contributed by atoms with Crippen molar-refractivity contribution in [2.45, 2.75) is 24.9 Å². The smallest absolute Gasteiger partial charge is 0.303 e. The largest absolute Gasteiger partial charge is 0.481 e. The van der Waals surface area contributed by atoms with Crippen molar-refractivity contribution in [1.82, 2.24) is 25.2 Å². The molecule has 1 amide bonds. The van der Waals surface area contributed by atoms with Crippen molar-refractivity contribution in [3.05, 3.63) is 11.9 Å². The number of nitrogens with one attached hydrogen (secondary N) is 1. The summed E-state index contributed by atoms with van der Waals surface area (Å²) in [4.78, 5) is 25.2.